The third-order valence-electron chi connectivity index (χ3n) is 3.13. The highest BCUT2D eigenvalue weighted by Gasteiger charge is 2.10. The number of pyridine rings is 1. The summed E-state index contributed by atoms with van der Waals surface area (Å²) in [4.78, 5) is 17.6. The highest BCUT2D eigenvalue weighted by molar-refractivity contribution is 5.96. The molecule has 6 heteroatoms. The molecular formula is C15H17N5O. The second kappa shape index (κ2) is 6.04. The van der Waals surface area contributed by atoms with Gasteiger partial charge in [0.1, 0.15) is 11.5 Å². The number of aromatic nitrogens is 1. The van der Waals surface area contributed by atoms with Crippen LogP contribution in [-0.2, 0) is 0 Å². The molecule has 108 valence electrons. The van der Waals surface area contributed by atoms with Crippen molar-refractivity contribution in [3.63, 3.8) is 0 Å². The monoisotopic (exact) mass is 283 g/mol. The zero-order valence-electron chi connectivity index (χ0n) is 11.9. The van der Waals surface area contributed by atoms with E-state index in [9.17, 15) is 4.79 Å². The lowest BCUT2D eigenvalue weighted by Gasteiger charge is -2.20. The number of hydrogen-bond donors (Lipinski definition) is 3. The van der Waals surface area contributed by atoms with E-state index < -0.39 is 0 Å². The van der Waals surface area contributed by atoms with Gasteiger partial charge in [-0.15, -0.1) is 0 Å². The number of nitrogens with one attached hydrogen (secondary N) is 2. The fraction of sp³-hybridized carbons (Fsp3) is 0.133. The van der Waals surface area contributed by atoms with E-state index in [1.54, 1.807) is 25.4 Å². The number of carbonyl (C=O) groups is 1. The molecule has 0 bridgehead atoms. The zero-order chi connectivity index (χ0) is 15.4. The SMILES string of the molecule is CNC(=O)c1cc(N(C)c2cccc(C(=N)N)c2)ccn1. The Morgan fingerprint density at radius 1 is 1.29 bits per heavy atom. The summed E-state index contributed by atoms with van der Waals surface area (Å²) in [5.74, 6) is -0.214. The average molecular weight is 283 g/mol. The van der Waals surface area contributed by atoms with E-state index in [4.69, 9.17) is 11.1 Å². The first kappa shape index (κ1) is 14.5. The van der Waals surface area contributed by atoms with E-state index in [0.717, 1.165) is 11.4 Å². The summed E-state index contributed by atoms with van der Waals surface area (Å²) in [6.07, 6.45) is 1.59. The molecule has 0 aliphatic carbocycles. The molecule has 21 heavy (non-hydrogen) atoms. The van der Waals surface area contributed by atoms with E-state index in [0.29, 0.717) is 11.3 Å². The molecule has 1 amide bonds. The van der Waals surface area contributed by atoms with Crippen LogP contribution in [0.1, 0.15) is 16.1 Å². The van der Waals surface area contributed by atoms with E-state index in [1.165, 1.54) is 0 Å². The summed E-state index contributed by atoms with van der Waals surface area (Å²) < 4.78 is 0. The summed E-state index contributed by atoms with van der Waals surface area (Å²) in [7, 11) is 3.44. The minimum atomic E-state index is -0.234. The molecule has 2 rings (SSSR count). The Kier molecular flexibility index (Phi) is 4.18. The van der Waals surface area contributed by atoms with Gasteiger partial charge in [-0.3, -0.25) is 15.2 Å². The number of anilines is 2. The Bertz CT molecular complexity index is 683. The van der Waals surface area contributed by atoms with Crippen LogP contribution in [0, 0.1) is 5.41 Å². The number of nitrogen functional groups attached to an aromatic ring is 1. The van der Waals surface area contributed by atoms with Crippen LogP contribution in [0.15, 0.2) is 42.6 Å². The number of carbonyl (C=O) groups excluding carboxylic acids is 1. The third-order valence-corrected chi connectivity index (χ3v) is 3.13. The van der Waals surface area contributed by atoms with Gasteiger partial charge in [0.15, 0.2) is 0 Å². The van der Waals surface area contributed by atoms with Gasteiger partial charge in [-0.1, -0.05) is 12.1 Å². The second-order valence-corrected chi connectivity index (χ2v) is 4.50. The molecule has 0 radical (unpaired) electrons. The van der Waals surface area contributed by atoms with E-state index in [2.05, 4.69) is 10.3 Å². The largest absolute Gasteiger partial charge is 0.384 e. The molecule has 0 atom stereocenters. The first-order valence-corrected chi connectivity index (χ1v) is 6.39. The lowest BCUT2D eigenvalue weighted by molar-refractivity contribution is 0.0958. The van der Waals surface area contributed by atoms with Crippen LogP contribution in [0.25, 0.3) is 0 Å². The molecule has 0 fully saturated rings. The maximum absolute atomic E-state index is 11.6. The summed E-state index contributed by atoms with van der Waals surface area (Å²) >= 11 is 0. The van der Waals surface area contributed by atoms with E-state index in [1.807, 2.05) is 36.2 Å². The first-order chi connectivity index (χ1) is 10.0. The molecule has 1 heterocycles. The van der Waals surface area contributed by atoms with E-state index in [-0.39, 0.29) is 11.7 Å². The maximum Gasteiger partial charge on any atom is 0.269 e. The van der Waals surface area contributed by atoms with Crippen LogP contribution in [0.4, 0.5) is 11.4 Å². The number of nitrogens with two attached hydrogens (primary N) is 1. The Morgan fingerprint density at radius 2 is 2.00 bits per heavy atom. The van der Waals surface area contributed by atoms with Crippen LogP contribution < -0.4 is 16.0 Å². The van der Waals surface area contributed by atoms with Crippen molar-refractivity contribution in [2.75, 3.05) is 19.0 Å². The number of amidine groups is 1. The number of rotatable bonds is 4. The fourth-order valence-corrected chi connectivity index (χ4v) is 1.91. The van der Waals surface area contributed by atoms with Gasteiger partial charge in [-0.25, -0.2) is 0 Å². The number of nitrogens with zero attached hydrogens (tertiary/aromatic N) is 2. The third kappa shape index (κ3) is 3.17. The summed E-state index contributed by atoms with van der Waals surface area (Å²) in [5, 5.41) is 10.0. The van der Waals surface area contributed by atoms with Gasteiger partial charge in [0.25, 0.3) is 5.91 Å². The highest BCUT2D eigenvalue weighted by atomic mass is 16.1. The molecule has 1 aromatic heterocycles. The van der Waals surface area contributed by atoms with Gasteiger partial charge >= 0.3 is 0 Å². The molecule has 0 unspecified atom stereocenters. The minimum Gasteiger partial charge on any atom is -0.384 e. The Balaban J connectivity index is 2.35. The van der Waals surface area contributed by atoms with Crippen LogP contribution in [0.2, 0.25) is 0 Å². The Morgan fingerprint density at radius 3 is 2.67 bits per heavy atom. The molecule has 1 aromatic carbocycles. The molecule has 6 nitrogen and oxygen atoms in total. The molecule has 0 aliphatic rings. The smallest absolute Gasteiger partial charge is 0.269 e. The number of hydrogen-bond acceptors (Lipinski definition) is 4. The topological polar surface area (TPSA) is 95.1 Å². The van der Waals surface area contributed by atoms with Crippen LogP contribution in [0.3, 0.4) is 0 Å². The van der Waals surface area contributed by atoms with Gasteiger partial charge in [0.2, 0.25) is 0 Å². The average Bonchev–Trinajstić information content (AvgIpc) is 2.53. The predicted molar refractivity (Wildman–Crippen MR) is 83.1 cm³/mol. The van der Waals surface area contributed by atoms with E-state index >= 15 is 0 Å². The van der Waals surface area contributed by atoms with Crippen molar-refractivity contribution < 1.29 is 4.79 Å². The van der Waals surface area contributed by atoms with Gasteiger partial charge in [-0.2, -0.15) is 0 Å². The number of benzene rings is 1. The lowest BCUT2D eigenvalue weighted by Crippen LogP contribution is -2.20. The zero-order valence-corrected chi connectivity index (χ0v) is 11.9. The van der Waals surface area contributed by atoms with Crippen LogP contribution in [-0.4, -0.2) is 30.8 Å². The molecule has 0 saturated carbocycles. The normalized spacial score (nSPS) is 10.0. The summed E-state index contributed by atoms with van der Waals surface area (Å²) in [6, 6.07) is 10.9. The summed E-state index contributed by atoms with van der Waals surface area (Å²) in [5.41, 5.74) is 8.20. The Hall–Kier alpha value is -2.89. The second-order valence-electron chi connectivity index (χ2n) is 4.50. The quantitative estimate of drug-likeness (QED) is 0.585. The van der Waals surface area contributed by atoms with Crippen molar-refractivity contribution >= 4 is 23.1 Å². The van der Waals surface area contributed by atoms with Gasteiger partial charge in [-0.05, 0) is 24.3 Å². The van der Waals surface area contributed by atoms with Crippen molar-refractivity contribution in [3.8, 4) is 0 Å². The van der Waals surface area contributed by atoms with Gasteiger partial charge < -0.3 is 16.0 Å². The number of amides is 1. The Labute approximate surface area is 123 Å². The fourth-order valence-electron chi connectivity index (χ4n) is 1.91. The van der Waals surface area contributed by atoms with Crippen molar-refractivity contribution in [1.29, 1.82) is 5.41 Å². The van der Waals surface area contributed by atoms with Crippen molar-refractivity contribution in [2.45, 2.75) is 0 Å². The van der Waals surface area contributed by atoms with Crippen molar-refractivity contribution in [1.82, 2.24) is 10.3 Å². The molecule has 0 aliphatic heterocycles. The lowest BCUT2D eigenvalue weighted by atomic mass is 10.1. The molecule has 0 spiro atoms. The van der Waals surface area contributed by atoms with Gasteiger partial charge in [0, 0.05) is 37.2 Å². The predicted octanol–water partition coefficient (Wildman–Crippen LogP) is 1.49. The standard InChI is InChI=1S/C15H17N5O/c1-18-15(21)13-9-12(6-7-19-13)20(2)11-5-3-4-10(8-11)14(16)17/h3-9H,1-2H3,(H3,16,17)(H,18,21). The van der Waals surface area contributed by atoms with Crippen LogP contribution in [0.5, 0.6) is 0 Å². The molecule has 4 N–H and O–H groups in total. The highest BCUT2D eigenvalue weighted by Crippen LogP contribution is 2.24. The van der Waals surface area contributed by atoms with Gasteiger partial charge in [0.05, 0.1) is 0 Å². The summed E-state index contributed by atoms with van der Waals surface area (Å²) in [6.45, 7) is 0. The maximum atomic E-state index is 11.6. The molecule has 2 aromatic rings. The van der Waals surface area contributed by atoms with Crippen molar-refractivity contribution in [3.05, 3.63) is 53.9 Å². The minimum absolute atomic E-state index is 0.0195. The molecule has 0 saturated heterocycles. The van der Waals surface area contributed by atoms with Crippen molar-refractivity contribution in [2.24, 2.45) is 5.73 Å². The molecular weight excluding hydrogens is 266 g/mol. The van der Waals surface area contributed by atoms with Crippen LogP contribution >= 0.6 is 0 Å². The first-order valence-electron chi connectivity index (χ1n) is 6.39.